The van der Waals surface area contributed by atoms with Crippen LogP contribution in [-0.2, 0) is 0 Å². The molecule has 106 valence electrons. The molecular formula is C17H19FO2. The molecule has 0 bridgehead atoms. The van der Waals surface area contributed by atoms with Gasteiger partial charge in [-0.15, -0.1) is 0 Å². The first-order valence-corrected chi connectivity index (χ1v) is 6.68. The van der Waals surface area contributed by atoms with Gasteiger partial charge in [-0.1, -0.05) is 35.9 Å². The maximum atomic E-state index is 13.9. The van der Waals surface area contributed by atoms with Gasteiger partial charge in [0, 0.05) is 11.1 Å². The highest BCUT2D eigenvalue weighted by Crippen LogP contribution is 2.32. The van der Waals surface area contributed by atoms with Crippen molar-refractivity contribution in [3.05, 3.63) is 65.0 Å². The molecule has 2 aromatic rings. The molecule has 2 aromatic carbocycles. The molecule has 0 amide bonds. The molecule has 0 fully saturated rings. The molecule has 1 unspecified atom stereocenters. The number of hydrogen-bond acceptors (Lipinski definition) is 2. The zero-order valence-corrected chi connectivity index (χ0v) is 11.9. The topological polar surface area (TPSA) is 29.5 Å². The molecule has 0 aromatic heterocycles. The average molecular weight is 274 g/mol. The number of aliphatic hydroxyl groups excluding tert-OH is 1. The normalized spacial score (nSPS) is 12.5. The van der Waals surface area contributed by atoms with E-state index in [0.717, 1.165) is 5.56 Å². The average Bonchev–Trinajstić information content (AvgIpc) is 2.41. The smallest absolute Gasteiger partial charge is 0.129 e. The molecule has 1 atom stereocenters. The molecule has 1 N–H and O–H groups in total. The summed E-state index contributed by atoms with van der Waals surface area (Å²) in [7, 11) is 0. The lowest BCUT2D eigenvalue weighted by Crippen LogP contribution is -2.10. The van der Waals surface area contributed by atoms with Gasteiger partial charge in [0.25, 0.3) is 0 Å². The molecule has 0 radical (unpaired) electrons. The second-order valence-corrected chi connectivity index (χ2v) is 5.13. The van der Waals surface area contributed by atoms with Crippen LogP contribution in [0.25, 0.3) is 0 Å². The van der Waals surface area contributed by atoms with Gasteiger partial charge in [-0.05, 0) is 32.9 Å². The first-order chi connectivity index (χ1) is 9.49. The number of para-hydroxylation sites is 1. The van der Waals surface area contributed by atoms with E-state index in [-0.39, 0.29) is 11.7 Å². The number of benzene rings is 2. The summed E-state index contributed by atoms with van der Waals surface area (Å²) in [6.07, 6.45) is -1.05. The van der Waals surface area contributed by atoms with Gasteiger partial charge in [-0.3, -0.25) is 0 Å². The molecule has 0 heterocycles. The zero-order chi connectivity index (χ0) is 14.7. The molecule has 2 nitrogen and oxygen atoms in total. The highest BCUT2D eigenvalue weighted by Gasteiger charge is 2.19. The Labute approximate surface area is 118 Å². The maximum absolute atomic E-state index is 13.9. The van der Waals surface area contributed by atoms with Crippen molar-refractivity contribution >= 4 is 0 Å². The van der Waals surface area contributed by atoms with Crippen LogP contribution in [0.3, 0.4) is 0 Å². The third-order valence-corrected chi connectivity index (χ3v) is 3.02. The van der Waals surface area contributed by atoms with Crippen LogP contribution in [0.15, 0.2) is 42.5 Å². The van der Waals surface area contributed by atoms with Gasteiger partial charge in [0.15, 0.2) is 0 Å². The summed E-state index contributed by atoms with van der Waals surface area (Å²) in [5, 5.41) is 10.5. The number of hydrogen-bond donors (Lipinski definition) is 1. The SMILES string of the molecule is Cc1ccc(F)c(C(O)c2ccccc2OC(C)C)c1. The molecular weight excluding hydrogens is 255 g/mol. The number of ether oxygens (including phenoxy) is 1. The molecule has 0 saturated carbocycles. The Balaban J connectivity index is 2.42. The second-order valence-electron chi connectivity index (χ2n) is 5.13. The Hall–Kier alpha value is -1.87. The molecule has 0 aliphatic rings. The van der Waals surface area contributed by atoms with Crippen LogP contribution >= 0.6 is 0 Å². The number of aliphatic hydroxyl groups is 1. The Kier molecular flexibility index (Phi) is 4.40. The van der Waals surface area contributed by atoms with Crippen molar-refractivity contribution < 1.29 is 14.2 Å². The van der Waals surface area contributed by atoms with E-state index in [1.807, 2.05) is 26.8 Å². The fourth-order valence-corrected chi connectivity index (χ4v) is 2.11. The van der Waals surface area contributed by atoms with Crippen LogP contribution in [0.1, 0.15) is 36.6 Å². The van der Waals surface area contributed by atoms with Crippen LogP contribution in [-0.4, -0.2) is 11.2 Å². The van der Waals surface area contributed by atoms with Crippen LogP contribution < -0.4 is 4.74 Å². The lowest BCUT2D eigenvalue weighted by atomic mass is 9.98. The van der Waals surface area contributed by atoms with Gasteiger partial charge in [0.05, 0.1) is 6.10 Å². The van der Waals surface area contributed by atoms with Crippen LogP contribution in [0.4, 0.5) is 4.39 Å². The van der Waals surface area contributed by atoms with E-state index in [9.17, 15) is 9.50 Å². The summed E-state index contributed by atoms with van der Waals surface area (Å²) in [5.41, 5.74) is 1.75. The summed E-state index contributed by atoms with van der Waals surface area (Å²) in [4.78, 5) is 0. The predicted molar refractivity (Wildman–Crippen MR) is 77.4 cm³/mol. The fraction of sp³-hybridized carbons (Fsp3) is 0.294. The predicted octanol–water partition coefficient (Wildman–Crippen LogP) is 4.00. The van der Waals surface area contributed by atoms with Gasteiger partial charge >= 0.3 is 0 Å². The van der Waals surface area contributed by atoms with Gasteiger partial charge in [-0.25, -0.2) is 4.39 Å². The first-order valence-electron chi connectivity index (χ1n) is 6.68. The Morgan fingerprint density at radius 2 is 1.75 bits per heavy atom. The molecule has 3 heteroatoms. The third-order valence-electron chi connectivity index (χ3n) is 3.02. The van der Waals surface area contributed by atoms with E-state index in [0.29, 0.717) is 11.3 Å². The van der Waals surface area contributed by atoms with E-state index in [1.54, 1.807) is 30.3 Å². The van der Waals surface area contributed by atoms with Gasteiger partial charge < -0.3 is 9.84 Å². The summed E-state index contributed by atoms with van der Waals surface area (Å²) in [6.45, 7) is 5.69. The van der Waals surface area contributed by atoms with E-state index < -0.39 is 11.9 Å². The number of aryl methyl sites for hydroxylation is 1. The minimum atomic E-state index is -1.04. The van der Waals surface area contributed by atoms with Crippen molar-refractivity contribution in [2.75, 3.05) is 0 Å². The highest BCUT2D eigenvalue weighted by atomic mass is 19.1. The highest BCUT2D eigenvalue weighted by molar-refractivity contribution is 5.41. The molecule has 0 aliphatic heterocycles. The standard InChI is InChI=1S/C17H19FO2/c1-11(2)20-16-7-5-4-6-13(16)17(19)14-10-12(3)8-9-15(14)18/h4-11,17,19H,1-3H3. The minimum absolute atomic E-state index is 0.00861. The quantitative estimate of drug-likeness (QED) is 0.913. The fourth-order valence-electron chi connectivity index (χ4n) is 2.11. The molecule has 0 spiro atoms. The Bertz CT molecular complexity index is 593. The van der Waals surface area contributed by atoms with Crippen molar-refractivity contribution in [2.24, 2.45) is 0 Å². The Morgan fingerprint density at radius 3 is 2.45 bits per heavy atom. The van der Waals surface area contributed by atoms with Crippen molar-refractivity contribution in [1.82, 2.24) is 0 Å². The van der Waals surface area contributed by atoms with E-state index in [1.165, 1.54) is 6.07 Å². The lowest BCUT2D eigenvalue weighted by Gasteiger charge is -2.19. The first kappa shape index (κ1) is 14.5. The van der Waals surface area contributed by atoms with Gasteiger partial charge in [0.2, 0.25) is 0 Å². The van der Waals surface area contributed by atoms with Gasteiger partial charge in [-0.2, -0.15) is 0 Å². The van der Waals surface area contributed by atoms with Crippen LogP contribution in [0.5, 0.6) is 5.75 Å². The molecule has 0 aliphatic carbocycles. The van der Waals surface area contributed by atoms with E-state index >= 15 is 0 Å². The maximum Gasteiger partial charge on any atom is 0.129 e. The van der Waals surface area contributed by atoms with Crippen molar-refractivity contribution in [3.8, 4) is 5.75 Å². The Morgan fingerprint density at radius 1 is 1.05 bits per heavy atom. The van der Waals surface area contributed by atoms with Crippen LogP contribution in [0, 0.1) is 12.7 Å². The largest absolute Gasteiger partial charge is 0.491 e. The van der Waals surface area contributed by atoms with E-state index in [4.69, 9.17) is 4.74 Å². The molecule has 0 saturated heterocycles. The number of rotatable bonds is 4. The summed E-state index contributed by atoms with van der Waals surface area (Å²) < 4.78 is 19.6. The molecule has 20 heavy (non-hydrogen) atoms. The summed E-state index contributed by atoms with van der Waals surface area (Å²) >= 11 is 0. The van der Waals surface area contributed by atoms with E-state index in [2.05, 4.69) is 0 Å². The second kappa shape index (κ2) is 6.06. The van der Waals surface area contributed by atoms with Crippen molar-refractivity contribution in [2.45, 2.75) is 33.0 Å². The van der Waals surface area contributed by atoms with Gasteiger partial charge in [0.1, 0.15) is 17.7 Å². The number of halogens is 1. The molecule has 2 rings (SSSR count). The lowest BCUT2D eigenvalue weighted by molar-refractivity contribution is 0.194. The van der Waals surface area contributed by atoms with Crippen molar-refractivity contribution in [3.63, 3.8) is 0 Å². The summed E-state index contributed by atoms with van der Waals surface area (Å²) in [5.74, 6) is 0.165. The zero-order valence-electron chi connectivity index (χ0n) is 11.9. The van der Waals surface area contributed by atoms with Crippen LogP contribution in [0.2, 0.25) is 0 Å². The minimum Gasteiger partial charge on any atom is -0.491 e. The monoisotopic (exact) mass is 274 g/mol. The van der Waals surface area contributed by atoms with Crippen molar-refractivity contribution in [1.29, 1.82) is 0 Å². The third kappa shape index (κ3) is 3.17. The summed E-state index contributed by atoms with van der Waals surface area (Å²) in [6, 6.07) is 11.9.